The van der Waals surface area contributed by atoms with Crippen molar-refractivity contribution in [2.45, 2.75) is 392 Å². The zero-order valence-corrected chi connectivity index (χ0v) is 79.4. The molecule has 0 aromatic carbocycles. The van der Waals surface area contributed by atoms with Gasteiger partial charge in [-0.25, -0.2) is 9.59 Å². The van der Waals surface area contributed by atoms with Gasteiger partial charge in [-0.05, 0) is 184 Å². The first kappa shape index (κ1) is 143. The van der Waals surface area contributed by atoms with E-state index in [4.69, 9.17) is 15.2 Å². The highest BCUT2D eigenvalue weighted by Crippen LogP contribution is 2.22. The first-order valence-electron chi connectivity index (χ1n) is 37.8. The highest BCUT2D eigenvalue weighted by atomic mass is 35.5. The zero-order chi connectivity index (χ0) is 80.4. The van der Waals surface area contributed by atoms with Gasteiger partial charge in [0, 0.05) is 51.7 Å². The Kier molecular flexibility index (Phi) is 96.9. The van der Waals surface area contributed by atoms with Crippen LogP contribution in [0, 0.1) is 59.6 Å². The number of nitrogens with zero attached hydrogens (tertiary/aromatic N) is 5. The normalized spacial score (nSPS) is 11.6. The molecule has 0 saturated carbocycles. The molecule has 0 saturated heterocycles. The van der Waals surface area contributed by atoms with Crippen molar-refractivity contribution in [3.63, 3.8) is 0 Å². The number of carbonyl (C=O) groups excluding carboxylic acids is 2. The van der Waals surface area contributed by atoms with Crippen molar-refractivity contribution < 1.29 is 36.8 Å². The Labute approximate surface area is 665 Å². The van der Waals surface area contributed by atoms with Gasteiger partial charge in [0.2, 0.25) is 0 Å². The van der Waals surface area contributed by atoms with E-state index in [1.54, 1.807) is 16.8 Å². The van der Waals surface area contributed by atoms with Crippen LogP contribution in [-0.4, -0.2) is 169 Å². The largest absolute Gasteiger partial charge is 1.00 e. The number of amides is 2. The maximum atomic E-state index is 11.8. The molecular weight excluding hydrogens is 1300 g/mol. The van der Waals surface area contributed by atoms with Crippen LogP contribution in [0.3, 0.4) is 0 Å². The summed E-state index contributed by atoms with van der Waals surface area (Å²) in [5.74, 6) is 0. The van der Waals surface area contributed by atoms with Crippen molar-refractivity contribution in [3.05, 3.63) is 0 Å². The first-order valence-corrected chi connectivity index (χ1v) is 37.8. The van der Waals surface area contributed by atoms with Gasteiger partial charge in [0.1, 0.15) is 11.2 Å². The second kappa shape index (κ2) is 69.1. The molecule has 0 aliphatic heterocycles. The SMILES string of the molecule is C.C.C.C.CC(C)(C)CN.CCC(C)(C)C.CCCC(C)(C)C.CCCC(C)(C)C.CCN(C)CC(C)(C)C.CCN(CC(C)(C)C)C(=O)OC(C)(C)C.CCNCC(C)(C)C.CC[NH2+]CC(C)(C)C.CN(C)CC(C)(C)C.CN(C)CC(C)(C)C.CN(CC(C)(C)C)C(=O)OC(C)(C)C.Cl.[Cl-]. The minimum absolute atomic E-state index is 0. The van der Waals surface area contributed by atoms with E-state index in [9.17, 15) is 9.59 Å². The lowest BCUT2D eigenvalue weighted by atomic mass is 9.91. The Morgan fingerprint density at radius 1 is 0.373 bits per heavy atom. The van der Waals surface area contributed by atoms with Crippen LogP contribution in [-0.2, 0) is 9.47 Å². The van der Waals surface area contributed by atoms with Crippen LogP contribution >= 0.6 is 12.4 Å². The van der Waals surface area contributed by atoms with Crippen LogP contribution in [0.2, 0.25) is 0 Å². The molecule has 0 rings (SSSR count). The smallest absolute Gasteiger partial charge is 0.410 e. The Bertz CT molecular complexity index is 1630. The molecule has 14 heteroatoms. The highest BCUT2D eigenvalue weighted by Gasteiger charge is 2.26. The van der Waals surface area contributed by atoms with Crippen LogP contribution in [0.1, 0.15) is 380 Å². The number of hydrogen-bond acceptors (Lipinski definition) is 9. The van der Waals surface area contributed by atoms with Gasteiger partial charge >= 0.3 is 12.2 Å². The lowest BCUT2D eigenvalue weighted by Gasteiger charge is -2.31. The molecule has 2 amide bonds. The average Bonchev–Trinajstić information content (AvgIpc) is 0.890. The number of nitrogens with one attached hydrogen (secondary N) is 1. The molecule has 0 bridgehead atoms. The van der Waals surface area contributed by atoms with Gasteiger partial charge in [-0.1, -0.05) is 312 Å². The molecule has 0 heterocycles. The molecule has 0 fully saturated rings. The average molecular weight is 1520 g/mol. The quantitative estimate of drug-likeness (QED) is 0.165. The second-order valence-corrected chi connectivity index (χ2v) is 42.5. The highest BCUT2D eigenvalue weighted by molar-refractivity contribution is 5.85. The van der Waals surface area contributed by atoms with Crippen molar-refractivity contribution >= 4 is 24.6 Å². The summed E-state index contributed by atoms with van der Waals surface area (Å²) in [6, 6.07) is 0. The molecule has 102 heavy (non-hydrogen) atoms. The third-order valence-corrected chi connectivity index (χ3v) is 11.6. The molecule has 0 radical (unpaired) electrons. The molecule has 0 spiro atoms. The lowest BCUT2D eigenvalue weighted by Crippen LogP contribution is -3.00. The van der Waals surface area contributed by atoms with Crippen molar-refractivity contribution in [2.24, 2.45) is 65.3 Å². The van der Waals surface area contributed by atoms with E-state index in [2.05, 4.69) is 331 Å². The van der Waals surface area contributed by atoms with E-state index in [0.717, 1.165) is 45.8 Å². The second-order valence-electron chi connectivity index (χ2n) is 42.5. The van der Waals surface area contributed by atoms with Crippen LogP contribution in [0.15, 0.2) is 0 Å². The number of hydrogen-bond donors (Lipinski definition) is 3. The third kappa shape index (κ3) is 194. The molecule has 0 aliphatic carbocycles. The summed E-state index contributed by atoms with van der Waals surface area (Å²) in [7, 11) is 12.3. The van der Waals surface area contributed by atoms with Gasteiger partial charge in [0.05, 0.1) is 13.1 Å². The third-order valence-electron chi connectivity index (χ3n) is 11.6. The fourth-order valence-corrected chi connectivity index (χ4v) is 7.72. The van der Waals surface area contributed by atoms with Gasteiger partial charge in [-0.3, -0.25) is 0 Å². The maximum Gasteiger partial charge on any atom is 0.410 e. The Morgan fingerprint density at radius 3 is 0.755 bits per heavy atom. The molecule has 5 N–H and O–H groups in total. The molecule has 0 atom stereocenters. The minimum atomic E-state index is -0.414. The number of nitrogens with two attached hydrogens (primary N) is 2. The number of halogens is 2. The van der Waals surface area contributed by atoms with Crippen LogP contribution in [0.25, 0.3) is 0 Å². The summed E-state index contributed by atoms with van der Waals surface area (Å²) < 4.78 is 10.6. The summed E-state index contributed by atoms with van der Waals surface area (Å²) >= 11 is 0. The monoisotopic (exact) mass is 1520 g/mol. The van der Waals surface area contributed by atoms with Crippen LogP contribution < -0.4 is 28.8 Å². The minimum Gasteiger partial charge on any atom is -1.00 e. The van der Waals surface area contributed by atoms with Gasteiger partial charge in [0.15, 0.2) is 0 Å². The summed E-state index contributed by atoms with van der Waals surface area (Å²) in [6.07, 6.45) is 6.09. The van der Waals surface area contributed by atoms with Crippen molar-refractivity contribution in [1.29, 1.82) is 0 Å². The van der Waals surface area contributed by atoms with Gasteiger partial charge in [-0.2, -0.15) is 0 Å². The Morgan fingerprint density at radius 2 is 0.647 bits per heavy atom. The van der Waals surface area contributed by atoms with E-state index in [1.165, 1.54) is 51.7 Å². The number of carbonyl (C=O) groups is 2. The van der Waals surface area contributed by atoms with E-state index < -0.39 is 11.2 Å². The zero-order valence-electron chi connectivity index (χ0n) is 77.8. The standard InChI is InChI=1S/C12H25NO2.C11H23NO2.C8H19N.4C7H17N.2C7H16.C6H14.C5H13N.4CH4.2ClH/c1-8-13(9-11(2,3)4)10(14)15-12(5,6)7;1-10(2,3)8-12(7)9(13)14-11(4,5)6;1-6-9(5)7-8(2,3)4;2*1-7(2,3)6-8(4)5;2*1-5-8-6-7(2,3)4;2*1-5-6-7(2,3)4;1-5-6(2,3)4;1-5(2,3)4-6;;;;;;/h8-9H2,1-7H3;8H2,1-7H3;6-7H2,1-5H3;2*6H2,1-5H3;2*8H,5-6H2,1-4H3;2*5-6H2,1-4H3;5H2,1-4H3;4,6H2,1-3H3;4*1H4;2*1H. The van der Waals surface area contributed by atoms with Gasteiger partial charge in [0.25, 0.3) is 0 Å². The summed E-state index contributed by atoms with van der Waals surface area (Å²) in [6.45, 7) is 112. The van der Waals surface area contributed by atoms with E-state index in [-0.39, 0.29) is 77.5 Å². The van der Waals surface area contributed by atoms with Gasteiger partial charge < -0.3 is 62.7 Å². The molecule has 642 valence electrons. The maximum absolute atomic E-state index is 11.8. The summed E-state index contributed by atoms with van der Waals surface area (Å²) in [5, 5.41) is 5.62. The van der Waals surface area contributed by atoms with Crippen molar-refractivity contribution in [2.75, 3.05) is 121 Å². The number of quaternary nitrogens is 1. The van der Waals surface area contributed by atoms with E-state index in [1.807, 2.05) is 48.5 Å². The first-order chi connectivity index (χ1) is 41.7. The molecule has 0 aromatic rings. The van der Waals surface area contributed by atoms with Crippen LogP contribution in [0.4, 0.5) is 9.59 Å². The van der Waals surface area contributed by atoms with E-state index in [0.29, 0.717) is 61.8 Å². The number of rotatable bonds is 13. The molecule has 0 aliphatic rings. The molecule has 0 unspecified atom stereocenters. The fourth-order valence-electron chi connectivity index (χ4n) is 7.72. The predicted molar refractivity (Wildman–Crippen MR) is 476 cm³/mol. The molecular formula is C88H212Cl2N8O4. The van der Waals surface area contributed by atoms with Crippen LogP contribution in [0.5, 0.6) is 0 Å². The topological polar surface area (TPSA) is 123 Å². The fraction of sp³-hybridized carbons (Fsp3) is 0.977. The van der Waals surface area contributed by atoms with E-state index >= 15 is 0 Å². The van der Waals surface area contributed by atoms with Gasteiger partial charge in [-0.15, -0.1) is 12.4 Å². The lowest BCUT2D eigenvalue weighted by molar-refractivity contribution is -0.661. The van der Waals surface area contributed by atoms with Crippen molar-refractivity contribution in [3.8, 4) is 0 Å². The summed E-state index contributed by atoms with van der Waals surface area (Å²) in [4.78, 5) is 33.4. The molecule has 12 nitrogen and oxygen atoms in total. The predicted octanol–water partition coefficient (Wildman–Crippen LogP) is 22.7. The Balaban J connectivity index is -0.0000000523. The summed E-state index contributed by atoms with van der Waals surface area (Å²) in [5.41, 5.74) is 8.93. The number of ether oxygens (including phenoxy) is 2. The Hall–Kier alpha value is -1.12. The van der Waals surface area contributed by atoms with Crippen molar-refractivity contribution in [1.82, 2.24) is 29.8 Å². The molecule has 0 aromatic heterocycles.